The van der Waals surface area contributed by atoms with E-state index in [1.807, 2.05) is 13.0 Å². The SMILES string of the molecule is COc1c(C)cc(CCS(=O)(=O)Cl)cc1Cl. The Morgan fingerprint density at radius 1 is 1.38 bits per heavy atom. The van der Waals surface area contributed by atoms with Crippen molar-refractivity contribution in [3.05, 3.63) is 28.3 Å². The Morgan fingerprint density at radius 2 is 2.00 bits per heavy atom. The van der Waals surface area contributed by atoms with Gasteiger partial charge in [0.05, 0.1) is 17.9 Å². The molecular weight excluding hydrogens is 271 g/mol. The maximum atomic E-state index is 10.8. The van der Waals surface area contributed by atoms with Gasteiger partial charge in [-0.2, -0.15) is 0 Å². The van der Waals surface area contributed by atoms with Gasteiger partial charge in [-0.05, 0) is 30.5 Å². The van der Waals surface area contributed by atoms with Crippen molar-refractivity contribution in [3.8, 4) is 5.75 Å². The molecule has 0 heterocycles. The Labute approximate surface area is 105 Å². The number of aryl methyl sites for hydroxylation is 2. The molecule has 16 heavy (non-hydrogen) atoms. The molecule has 0 aromatic heterocycles. The van der Waals surface area contributed by atoms with Crippen molar-refractivity contribution >= 4 is 31.3 Å². The smallest absolute Gasteiger partial charge is 0.232 e. The molecule has 1 aromatic carbocycles. The van der Waals surface area contributed by atoms with Gasteiger partial charge in [-0.25, -0.2) is 8.42 Å². The van der Waals surface area contributed by atoms with Crippen LogP contribution in [0.15, 0.2) is 12.1 Å². The third-order valence-corrected chi connectivity index (χ3v) is 3.56. The summed E-state index contributed by atoms with van der Waals surface area (Å²) >= 11 is 5.98. The molecule has 0 aliphatic rings. The average Bonchev–Trinajstić information content (AvgIpc) is 2.13. The Bertz CT molecular complexity index is 460. The molecule has 0 spiro atoms. The van der Waals surface area contributed by atoms with Gasteiger partial charge in [-0.3, -0.25) is 0 Å². The van der Waals surface area contributed by atoms with Gasteiger partial charge in [0.15, 0.2) is 0 Å². The molecule has 0 unspecified atom stereocenters. The van der Waals surface area contributed by atoms with Crippen molar-refractivity contribution in [2.24, 2.45) is 0 Å². The lowest BCUT2D eigenvalue weighted by molar-refractivity contribution is 0.412. The summed E-state index contributed by atoms with van der Waals surface area (Å²) in [5, 5.41) is 0.476. The second-order valence-corrected chi connectivity index (χ2v) is 6.72. The van der Waals surface area contributed by atoms with E-state index in [1.54, 1.807) is 6.07 Å². The molecule has 0 saturated carbocycles. The fourth-order valence-electron chi connectivity index (χ4n) is 1.44. The molecule has 0 aliphatic heterocycles. The molecule has 0 fully saturated rings. The second-order valence-electron chi connectivity index (χ2n) is 3.42. The highest BCUT2D eigenvalue weighted by molar-refractivity contribution is 8.13. The van der Waals surface area contributed by atoms with Crippen molar-refractivity contribution in [1.82, 2.24) is 0 Å². The quantitative estimate of drug-likeness (QED) is 0.798. The van der Waals surface area contributed by atoms with Gasteiger partial charge in [0.2, 0.25) is 9.05 Å². The molecule has 0 radical (unpaired) electrons. The number of ether oxygens (including phenoxy) is 1. The number of hydrogen-bond donors (Lipinski definition) is 0. The number of halogens is 2. The van der Waals surface area contributed by atoms with Gasteiger partial charge in [0, 0.05) is 10.7 Å². The zero-order chi connectivity index (χ0) is 12.3. The molecule has 90 valence electrons. The summed E-state index contributed by atoms with van der Waals surface area (Å²) in [6.07, 6.45) is 0.344. The van der Waals surface area contributed by atoms with E-state index in [-0.39, 0.29) is 5.75 Å². The van der Waals surface area contributed by atoms with Crippen LogP contribution in [0.5, 0.6) is 5.75 Å². The summed E-state index contributed by atoms with van der Waals surface area (Å²) in [6, 6.07) is 3.53. The number of methoxy groups -OCH3 is 1. The van der Waals surface area contributed by atoms with Crippen molar-refractivity contribution < 1.29 is 13.2 Å². The van der Waals surface area contributed by atoms with Crippen molar-refractivity contribution in [2.75, 3.05) is 12.9 Å². The lowest BCUT2D eigenvalue weighted by atomic mass is 10.1. The van der Waals surface area contributed by atoms with Gasteiger partial charge in [0.25, 0.3) is 0 Å². The van der Waals surface area contributed by atoms with E-state index in [0.29, 0.717) is 17.2 Å². The Morgan fingerprint density at radius 3 is 2.44 bits per heavy atom. The van der Waals surface area contributed by atoms with Crippen molar-refractivity contribution in [2.45, 2.75) is 13.3 Å². The fourth-order valence-corrected chi connectivity index (χ4v) is 2.52. The highest BCUT2D eigenvalue weighted by Gasteiger charge is 2.10. The van der Waals surface area contributed by atoms with Crippen LogP contribution in [0.1, 0.15) is 11.1 Å². The van der Waals surface area contributed by atoms with Gasteiger partial charge in [-0.15, -0.1) is 0 Å². The van der Waals surface area contributed by atoms with Gasteiger partial charge < -0.3 is 4.74 Å². The predicted octanol–water partition coefficient (Wildman–Crippen LogP) is 2.77. The predicted molar refractivity (Wildman–Crippen MR) is 66.1 cm³/mol. The van der Waals surface area contributed by atoms with Crippen LogP contribution in [-0.2, 0) is 15.5 Å². The zero-order valence-corrected chi connectivity index (χ0v) is 11.3. The highest BCUT2D eigenvalue weighted by atomic mass is 35.7. The van der Waals surface area contributed by atoms with E-state index >= 15 is 0 Å². The summed E-state index contributed by atoms with van der Waals surface area (Å²) in [7, 11) is 3.21. The van der Waals surface area contributed by atoms with E-state index in [1.165, 1.54) is 7.11 Å². The van der Waals surface area contributed by atoms with E-state index in [4.69, 9.17) is 27.0 Å². The van der Waals surface area contributed by atoms with Crippen LogP contribution in [0.25, 0.3) is 0 Å². The van der Waals surface area contributed by atoms with E-state index < -0.39 is 9.05 Å². The van der Waals surface area contributed by atoms with Crippen LogP contribution in [0, 0.1) is 6.92 Å². The van der Waals surface area contributed by atoms with Gasteiger partial charge >= 0.3 is 0 Å². The van der Waals surface area contributed by atoms with Crippen LogP contribution in [0.3, 0.4) is 0 Å². The first kappa shape index (κ1) is 13.6. The van der Waals surface area contributed by atoms with Crippen LogP contribution >= 0.6 is 22.3 Å². The number of rotatable bonds is 4. The molecule has 6 heteroatoms. The molecule has 0 amide bonds. The first-order chi connectivity index (χ1) is 7.33. The molecule has 0 N–H and O–H groups in total. The Kier molecular flexibility index (Phi) is 4.47. The normalized spacial score (nSPS) is 11.5. The first-order valence-electron chi connectivity index (χ1n) is 4.59. The minimum absolute atomic E-state index is 0.101. The number of benzene rings is 1. The monoisotopic (exact) mass is 282 g/mol. The molecular formula is C10H12Cl2O3S. The van der Waals surface area contributed by atoms with Crippen molar-refractivity contribution in [3.63, 3.8) is 0 Å². The summed E-state index contributed by atoms with van der Waals surface area (Å²) in [5.74, 6) is 0.510. The lowest BCUT2D eigenvalue weighted by Crippen LogP contribution is -2.02. The van der Waals surface area contributed by atoms with Crippen LogP contribution < -0.4 is 4.74 Å². The first-order valence-corrected chi connectivity index (χ1v) is 7.44. The van der Waals surface area contributed by atoms with Gasteiger partial charge in [0.1, 0.15) is 5.75 Å². The van der Waals surface area contributed by atoms with Gasteiger partial charge in [-0.1, -0.05) is 17.7 Å². The van der Waals surface area contributed by atoms with Crippen molar-refractivity contribution in [1.29, 1.82) is 0 Å². The Balaban J connectivity index is 2.92. The Hall–Kier alpha value is -0.450. The minimum Gasteiger partial charge on any atom is -0.495 e. The van der Waals surface area contributed by atoms with Crippen LogP contribution in [0.2, 0.25) is 5.02 Å². The molecule has 0 atom stereocenters. The second kappa shape index (κ2) is 5.25. The molecule has 0 bridgehead atoms. The lowest BCUT2D eigenvalue weighted by Gasteiger charge is -2.09. The molecule has 0 aliphatic carbocycles. The molecule has 3 nitrogen and oxygen atoms in total. The zero-order valence-electron chi connectivity index (χ0n) is 8.96. The van der Waals surface area contributed by atoms with Crippen LogP contribution in [-0.4, -0.2) is 21.3 Å². The molecule has 0 saturated heterocycles. The molecule has 1 rings (SSSR count). The van der Waals surface area contributed by atoms with Crippen LogP contribution in [0.4, 0.5) is 0 Å². The van der Waals surface area contributed by atoms with E-state index in [2.05, 4.69) is 0 Å². The topological polar surface area (TPSA) is 43.4 Å². The average molecular weight is 283 g/mol. The summed E-state index contributed by atoms with van der Waals surface area (Å²) in [4.78, 5) is 0. The summed E-state index contributed by atoms with van der Waals surface area (Å²) in [5.41, 5.74) is 1.70. The largest absolute Gasteiger partial charge is 0.495 e. The van der Waals surface area contributed by atoms with E-state index in [0.717, 1.165) is 11.1 Å². The minimum atomic E-state index is -3.47. The third kappa shape index (κ3) is 3.85. The highest BCUT2D eigenvalue weighted by Crippen LogP contribution is 2.29. The fraction of sp³-hybridized carbons (Fsp3) is 0.400. The maximum absolute atomic E-state index is 10.8. The maximum Gasteiger partial charge on any atom is 0.232 e. The molecule has 1 aromatic rings. The third-order valence-electron chi connectivity index (χ3n) is 2.13. The standard InChI is InChI=1S/C10H12Cl2O3S/c1-7-5-8(3-4-16(12,13)14)6-9(11)10(7)15-2/h5-6H,3-4H2,1-2H3. The summed E-state index contributed by atoms with van der Waals surface area (Å²) in [6.45, 7) is 1.85. The summed E-state index contributed by atoms with van der Waals surface area (Å²) < 4.78 is 26.7. The van der Waals surface area contributed by atoms with E-state index in [9.17, 15) is 8.42 Å². The number of hydrogen-bond acceptors (Lipinski definition) is 3.